The molecule has 2 aliphatic rings. The Hall–Kier alpha value is -2.61. The predicted molar refractivity (Wildman–Crippen MR) is 111 cm³/mol. The maximum Gasteiger partial charge on any atom is 0.341 e. The van der Waals surface area contributed by atoms with Crippen molar-refractivity contribution in [3.8, 4) is 0 Å². The van der Waals surface area contributed by atoms with Crippen LogP contribution in [0.4, 0.5) is 15.8 Å². The molecule has 2 fully saturated rings. The molecule has 1 unspecified atom stereocenters. The molecule has 2 aromatic rings. The fourth-order valence-electron chi connectivity index (χ4n) is 4.44. The predicted octanol–water partition coefficient (Wildman–Crippen LogP) is 2.58. The lowest BCUT2D eigenvalue weighted by Gasteiger charge is -2.24. The number of nitrogen functional groups attached to an aromatic ring is 1. The first kappa shape index (κ1) is 19.7. The molecule has 1 aliphatic carbocycles. The number of nitrogens with two attached hydrogens (primary N) is 1. The van der Waals surface area contributed by atoms with Gasteiger partial charge >= 0.3 is 5.97 Å². The molecule has 1 saturated heterocycles. The van der Waals surface area contributed by atoms with Gasteiger partial charge in [0.2, 0.25) is 5.43 Å². The minimum absolute atomic E-state index is 0.0326. The van der Waals surface area contributed by atoms with Crippen LogP contribution in [0.3, 0.4) is 0 Å². The Bertz CT molecular complexity index is 1030. The number of hydrogen-bond donors (Lipinski definition) is 3. The van der Waals surface area contributed by atoms with E-state index in [-0.39, 0.29) is 22.7 Å². The first-order valence-corrected chi connectivity index (χ1v) is 10.2. The van der Waals surface area contributed by atoms with Crippen molar-refractivity contribution in [2.24, 2.45) is 5.92 Å². The lowest BCUT2D eigenvalue weighted by atomic mass is 10.0. The first-order chi connectivity index (χ1) is 13.8. The van der Waals surface area contributed by atoms with Gasteiger partial charge in [-0.15, -0.1) is 0 Å². The first-order valence-electron chi connectivity index (χ1n) is 10.2. The van der Waals surface area contributed by atoms with Crippen LogP contribution in [0.5, 0.6) is 0 Å². The molecule has 1 aromatic heterocycles. The second-order valence-electron chi connectivity index (χ2n) is 8.17. The van der Waals surface area contributed by atoms with E-state index in [9.17, 15) is 14.7 Å². The highest BCUT2D eigenvalue weighted by molar-refractivity contribution is 5.99. The third kappa shape index (κ3) is 3.35. The molecule has 0 amide bonds. The molecule has 0 bridgehead atoms. The second kappa shape index (κ2) is 7.33. The molecule has 2 atom stereocenters. The molecule has 7 nitrogen and oxygen atoms in total. The van der Waals surface area contributed by atoms with E-state index in [1.165, 1.54) is 6.20 Å². The summed E-state index contributed by atoms with van der Waals surface area (Å²) in [7, 11) is 0. The summed E-state index contributed by atoms with van der Waals surface area (Å²) in [5.41, 5.74) is 5.61. The van der Waals surface area contributed by atoms with Crippen molar-refractivity contribution in [3.05, 3.63) is 33.9 Å². The Morgan fingerprint density at radius 2 is 2.14 bits per heavy atom. The van der Waals surface area contributed by atoms with Gasteiger partial charge in [0.15, 0.2) is 5.82 Å². The second-order valence-corrected chi connectivity index (χ2v) is 8.17. The summed E-state index contributed by atoms with van der Waals surface area (Å²) < 4.78 is 17.0. The van der Waals surface area contributed by atoms with E-state index in [1.807, 2.05) is 4.90 Å². The number of anilines is 2. The SMILES string of the molecule is CCNC(C)[C@@H]1CCN(c2cc3c(c(N)c2F)c(=O)c(C(=O)O)cn3C2CC2)C1. The Kier molecular flexibility index (Phi) is 4.98. The van der Waals surface area contributed by atoms with Crippen LogP contribution in [0.25, 0.3) is 10.9 Å². The van der Waals surface area contributed by atoms with Gasteiger partial charge in [0, 0.05) is 31.4 Å². The molecule has 1 aliphatic heterocycles. The smallest absolute Gasteiger partial charge is 0.341 e. The summed E-state index contributed by atoms with van der Waals surface area (Å²) in [5, 5.41) is 12.8. The van der Waals surface area contributed by atoms with Crippen LogP contribution in [-0.2, 0) is 0 Å². The molecule has 1 aromatic carbocycles. The molecular weight excluding hydrogens is 375 g/mol. The van der Waals surface area contributed by atoms with Gasteiger partial charge in [0.25, 0.3) is 0 Å². The summed E-state index contributed by atoms with van der Waals surface area (Å²) in [4.78, 5) is 26.2. The number of carbonyl (C=O) groups is 1. The average Bonchev–Trinajstić information content (AvgIpc) is 3.40. The van der Waals surface area contributed by atoms with Crippen molar-refractivity contribution in [1.29, 1.82) is 0 Å². The van der Waals surface area contributed by atoms with E-state index < -0.39 is 17.2 Å². The van der Waals surface area contributed by atoms with Gasteiger partial charge in [-0.2, -0.15) is 0 Å². The average molecular weight is 402 g/mol. The summed E-state index contributed by atoms with van der Waals surface area (Å²) >= 11 is 0. The molecule has 1 saturated carbocycles. The van der Waals surface area contributed by atoms with Crippen LogP contribution in [-0.4, -0.2) is 41.3 Å². The molecule has 0 spiro atoms. The van der Waals surface area contributed by atoms with Gasteiger partial charge in [-0.1, -0.05) is 6.92 Å². The van der Waals surface area contributed by atoms with E-state index in [0.29, 0.717) is 36.3 Å². The van der Waals surface area contributed by atoms with E-state index in [1.54, 1.807) is 10.6 Å². The lowest BCUT2D eigenvalue weighted by molar-refractivity contribution is 0.0695. The minimum Gasteiger partial charge on any atom is -0.477 e. The van der Waals surface area contributed by atoms with E-state index >= 15 is 4.39 Å². The topological polar surface area (TPSA) is 101 Å². The summed E-state index contributed by atoms with van der Waals surface area (Å²) in [6.07, 6.45) is 4.12. The van der Waals surface area contributed by atoms with Crippen LogP contribution >= 0.6 is 0 Å². The van der Waals surface area contributed by atoms with Crippen LogP contribution in [0.1, 0.15) is 49.5 Å². The van der Waals surface area contributed by atoms with Crippen LogP contribution < -0.4 is 21.4 Å². The Labute approximate surface area is 168 Å². The molecule has 2 heterocycles. The van der Waals surface area contributed by atoms with Crippen LogP contribution in [0.15, 0.2) is 17.1 Å². The molecule has 8 heteroatoms. The fourth-order valence-corrected chi connectivity index (χ4v) is 4.44. The summed E-state index contributed by atoms with van der Waals surface area (Å²) in [6, 6.07) is 2.12. The zero-order valence-electron chi connectivity index (χ0n) is 16.7. The van der Waals surface area contributed by atoms with Gasteiger partial charge in [-0.3, -0.25) is 4.79 Å². The fraction of sp³-hybridized carbons (Fsp3) is 0.524. The van der Waals surface area contributed by atoms with Gasteiger partial charge in [0.05, 0.1) is 22.3 Å². The molecule has 0 radical (unpaired) electrons. The number of aromatic carboxylic acids is 1. The minimum atomic E-state index is -1.32. The number of pyridine rings is 1. The zero-order chi connectivity index (χ0) is 20.9. The number of carboxylic acids is 1. The Morgan fingerprint density at radius 1 is 1.41 bits per heavy atom. The number of carboxylic acid groups (broad SMARTS) is 1. The number of nitrogens with zero attached hydrogens (tertiary/aromatic N) is 2. The van der Waals surface area contributed by atoms with Crippen molar-refractivity contribution in [3.63, 3.8) is 0 Å². The highest BCUT2D eigenvalue weighted by atomic mass is 19.1. The van der Waals surface area contributed by atoms with Gasteiger partial charge < -0.3 is 25.6 Å². The largest absolute Gasteiger partial charge is 0.477 e. The molecular formula is C21H27FN4O3. The quantitative estimate of drug-likeness (QED) is 0.642. The van der Waals surface area contributed by atoms with E-state index in [0.717, 1.165) is 25.8 Å². The van der Waals surface area contributed by atoms with Crippen molar-refractivity contribution in [2.75, 3.05) is 30.3 Å². The summed E-state index contributed by atoms with van der Waals surface area (Å²) in [5.74, 6) is -1.57. The van der Waals surface area contributed by atoms with Gasteiger partial charge in [-0.05, 0) is 44.7 Å². The zero-order valence-corrected chi connectivity index (χ0v) is 16.7. The normalized spacial score (nSPS) is 20.4. The highest BCUT2D eigenvalue weighted by Gasteiger charge is 2.32. The van der Waals surface area contributed by atoms with Crippen LogP contribution in [0, 0.1) is 11.7 Å². The van der Waals surface area contributed by atoms with Crippen LogP contribution in [0.2, 0.25) is 0 Å². The number of benzene rings is 1. The van der Waals surface area contributed by atoms with Crippen molar-refractivity contribution in [2.45, 2.75) is 45.2 Å². The summed E-state index contributed by atoms with van der Waals surface area (Å²) in [6.45, 7) is 6.50. The number of aromatic nitrogens is 1. The lowest BCUT2D eigenvalue weighted by Crippen LogP contribution is -2.35. The number of nitrogens with one attached hydrogen (secondary N) is 1. The third-order valence-corrected chi connectivity index (χ3v) is 6.25. The van der Waals surface area contributed by atoms with E-state index in [4.69, 9.17) is 5.73 Å². The maximum absolute atomic E-state index is 15.2. The van der Waals surface area contributed by atoms with Crippen molar-refractivity contribution < 1.29 is 14.3 Å². The number of fused-ring (bicyclic) bond motifs is 1. The molecule has 29 heavy (non-hydrogen) atoms. The number of halogens is 1. The Balaban J connectivity index is 1.83. The standard InChI is InChI=1S/C21H27FN4O3/c1-3-24-11(2)12-6-7-25(9-12)16-8-15-17(19(23)18(16)22)20(27)14(21(28)29)10-26(15)13-4-5-13/h8,10-13,24H,3-7,9,23H2,1-2H3,(H,28,29)/t11?,12-/m1/s1. The van der Waals surface area contributed by atoms with E-state index in [2.05, 4.69) is 19.2 Å². The molecule has 4 N–H and O–H groups in total. The third-order valence-electron chi connectivity index (χ3n) is 6.25. The van der Waals surface area contributed by atoms with Crippen molar-refractivity contribution >= 4 is 28.2 Å². The Morgan fingerprint density at radius 3 is 2.76 bits per heavy atom. The number of hydrogen-bond acceptors (Lipinski definition) is 5. The number of rotatable bonds is 6. The molecule has 4 rings (SSSR count). The van der Waals surface area contributed by atoms with Gasteiger partial charge in [-0.25, -0.2) is 9.18 Å². The monoisotopic (exact) mass is 402 g/mol. The maximum atomic E-state index is 15.2. The molecule has 156 valence electrons. The highest BCUT2D eigenvalue weighted by Crippen LogP contribution is 2.40. The van der Waals surface area contributed by atoms with Gasteiger partial charge in [0.1, 0.15) is 5.56 Å². The van der Waals surface area contributed by atoms with Crippen molar-refractivity contribution in [1.82, 2.24) is 9.88 Å².